The summed E-state index contributed by atoms with van der Waals surface area (Å²) in [6.45, 7) is 0.848. The van der Waals surface area contributed by atoms with Gasteiger partial charge in [-0.05, 0) is 51.2 Å². The summed E-state index contributed by atoms with van der Waals surface area (Å²) in [5.74, 6) is -7.02. The van der Waals surface area contributed by atoms with Crippen LogP contribution in [0.1, 0.15) is 24.5 Å². The second kappa shape index (κ2) is 11.1. The minimum Gasteiger partial charge on any atom is -0.508 e. The number of ether oxygens (including phenoxy) is 1. The normalized spacial score (nSPS) is 35.2. The number of aliphatic hydroxyl groups is 4. The zero-order valence-corrected chi connectivity index (χ0v) is 27.7. The highest BCUT2D eigenvalue weighted by Gasteiger charge is 2.67. The van der Waals surface area contributed by atoms with Crippen LogP contribution < -0.4 is 15.5 Å². The number of phenolic OH excluding ortho intramolecular Hbond substituents is 1. The number of aliphatic hydroxyl groups excluding tert-OH is 2. The van der Waals surface area contributed by atoms with Gasteiger partial charge in [-0.3, -0.25) is 19.3 Å². The monoisotopic (exact) mass is 677 g/mol. The van der Waals surface area contributed by atoms with Crippen LogP contribution >= 0.6 is 0 Å². The standard InChI is InChI=1S/C34H40BN3O11/c1-33(45)20-9-6-10-23(39)24(20)28(40)25-21(33)16-22-27(37(2)3)29(41)26(31(43)34(22,46)30(25)42)32(44)36-17-38-11-13-48-35(38,49-14-12-38)18-7-5-8-19(15-18)47-4/h5-10,15,21-22,27,39-40,43,45-46H,11-14,16-17H2,1-4H3,(H,36,44)/t21-,22+,27-,33-,34+,35?,38?/m1/s1. The predicted molar refractivity (Wildman–Crippen MR) is 174 cm³/mol. The van der Waals surface area contributed by atoms with E-state index in [-0.39, 0.29) is 28.6 Å². The molecule has 0 radical (unpaired) electrons. The third-order valence-corrected chi connectivity index (χ3v) is 11.6. The molecule has 1 saturated carbocycles. The number of nitrogens with zero attached hydrogens (tertiary/aromatic N) is 2. The molecule has 0 bridgehead atoms. The number of hydrogen-bond acceptors (Lipinski definition) is 12. The Labute approximate surface area is 282 Å². The molecule has 2 saturated heterocycles. The van der Waals surface area contributed by atoms with Crippen LogP contribution in [0.15, 0.2) is 59.4 Å². The van der Waals surface area contributed by atoms with Gasteiger partial charge in [-0.15, -0.1) is 0 Å². The number of benzene rings is 2. The molecule has 7 rings (SSSR count). The van der Waals surface area contributed by atoms with Gasteiger partial charge in [0, 0.05) is 17.4 Å². The molecule has 2 aromatic carbocycles. The van der Waals surface area contributed by atoms with Crippen molar-refractivity contribution in [2.45, 2.75) is 30.6 Å². The Kier molecular flexibility index (Phi) is 7.56. The highest BCUT2D eigenvalue weighted by Crippen LogP contribution is 2.57. The van der Waals surface area contributed by atoms with E-state index in [1.165, 1.54) is 30.0 Å². The molecule has 3 fully saturated rings. The Bertz CT molecular complexity index is 1850. The summed E-state index contributed by atoms with van der Waals surface area (Å²) >= 11 is 0. The number of Topliss-reactive ketones (excluding diaryl/α,β-unsaturated/α-hetero) is 2. The van der Waals surface area contributed by atoms with Crippen LogP contribution in [0, 0.1) is 11.8 Å². The maximum atomic E-state index is 14.4. The number of methoxy groups -OCH3 is 1. The minimum absolute atomic E-state index is 0.0600. The van der Waals surface area contributed by atoms with Crippen molar-refractivity contribution in [1.82, 2.24) is 10.2 Å². The van der Waals surface area contributed by atoms with Crippen LogP contribution in [0.4, 0.5) is 0 Å². The lowest BCUT2D eigenvalue weighted by molar-refractivity contribution is -0.822. The molecule has 49 heavy (non-hydrogen) atoms. The van der Waals surface area contributed by atoms with Gasteiger partial charge >= 0.3 is 6.69 Å². The number of quaternary nitrogens is 1. The van der Waals surface area contributed by atoms with E-state index in [9.17, 15) is 39.9 Å². The second-order valence-corrected chi connectivity index (χ2v) is 14.1. The maximum absolute atomic E-state index is 14.4. The van der Waals surface area contributed by atoms with Gasteiger partial charge in [0.1, 0.15) is 35.3 Å². The van der Waals surface area contributed by atoms with Crippen molar-refractivity contribution < 1.29 is 58.4 Å². The molecule has 0 spiro atoms. The molecule has 2 heterocycles. The van der Waals surface area contributed by atoms with E-state index in [0.29, 0.717) is 32.1 Å². The lowest BCUT2D eigenvalue weighted by atomic mass is 9.54. The molecule has 0 aromatic heterocycles. The Hall–Kier alpha value is -4.25. The highest BCUT2D eigenvalue weighted by molar-refractivity contribution is 6.75. The van der Waals surface area contributed by atoms with Gasteiger partial charge in [0.05, 0.1) is 50.6 Å². The van der Waals surface area contributed by atoms with Crippen LogP contribution in [0.3, 0.4) is 0 Å². The summed E-state index contributed by atoms with van der Waals surface area (Å²) in [4.78, 5) is 44.0. The summed E-state index contributed by atoms with van der Waals surface area (Å²) in [7, 11) is 4.65. The summed E-state index contributed by atoms with van der Waals surface area (Å²) in [6.07, 6.45) is -0.225. The van der Waals surface area contributed by atoms with Crippen LogP contribution in [0.25, 0.3) is 5.76 Å². The van der Waals surface area contributed by atoms with Gasteiger partial charge in [0.15, 0.2) is 11.4 Å². The first kappa shape index (κ1) is 33.3. The van der Waals surface area contributed by atoms with Crippen molar-refractivity contribution in [1.29, 1.82) is 0 Å². The van der Waals surface area contributed by atoms with Crippen LogP contribution in [0.5, 0.6) is 11.5 Å². The van der Waals surface area contributed by atoms with E-state index in [0.717, 1.165) is 5.46 Å². The number of aromatic hydroxyl groups is 1. The molecule has 5 atom stereocenters. The number of ketones is 2. The predicted octanol–water partition coefficient (Wildman–Crippen LogP) is -0.0507. The van der Waals surface area contributed by atoms with Gasteiger partial charge < -0.3 is 49.3 Å². The molecule has 260 valence electrons. The topological polar surface area (TPSA) is 195 Å². The SMILES string of the molecule is COc1cccc([B-]23OCC[N+]2(CNC(=O)C2=C(O)[C@@]4(O)C(=O)C5=C(O)c6c(O)cccc6[C@@](C)(O)[C@@H]5C[C@H]4[C@@H](N(C)C)C2=O)CCO3)c1. The summed E-state index contributed by atoms with van der Waals surface area (Å²) < 4.78 is 18.1. The van der Waals surface area contributed by atoms with Gasteiger partial charge in [0.25, 0.3) is 5.91 Å². The molecule has 0 unspecified atom stereocenters. The molecule has 1 amide bonds. The minimum atomic E-state index is -2.82. The molecule has 15 heteroatoms. The molecular weight excluding hydrogens is 637 g/mol. The Morgan fingerprint density at radius 3 is 2.41 bits per heavy atom. The Balaban J connectivity index is 1.28. The van der Waals surface area contributed by atoms with Gasteiger partial charge in [-0.1, -0.05) is 29.7 Å². The zero-order valence-electron chi connectivity index (χ0n) is 27.7. The number of amides is 1. The fraction of sp³-hybridized carbons (Fsp3) is 0.441. The molecule has 14 nitrogen and oxygen atoms in total. The first-order valence-corrected chi connectivity index (χ1v) is 16.3. The lowest BCUT2D eigenvalue weighted by Crippen LogP contribution is -2.72. The van der Waals surface area contributed by atoms with E-state index in [1.807, 2.05) is 18.2 Å². The number of hydrogen-bond donors (Lipinski definition) is 6. The fourth-order valence-electron chi connectivity index (χ4n) is 9.06. The zero-order chi connectivity index (χ0) is 35.3. The van der Waals surface area contributed by atoms with Crippen molar-refractivity contribution in [3.63, 3.8) is 0 Å². The van der Waals surface area contributed by atoms with Crippen molar-refractivity contribution in [2.75, 3.05) is 54.2 Å². The maximum Gasteiger partial charge on any atom is 0.504 e. The number of likely N-dealkylation sites (N-methyl/N-ethyl adjacent to an activating group) is 1. The van der Waals surface area contributed by atoms with Gasteiger partial charge in [0.2, 0.25) is 5.78 Å². The average Bonchev–Trinajstić information content (AvgIpc) is 3.61. The summed E-state index contributed by atoms with van der Waals surface area (Å²) in [5, 5.41) is 60.4. The molecule has 5 aliphatic rings. The van der Waals surface area contributed by atoms with Crippen LogP contribution in [0.2, 0.25) is 0 Å². The third-order valence-electron chi connectivity index (χ3n) is 11.6. The summed E-state index contributed by atoms with van der Waals surface area (Å²) in [6, 6.07) is 10.3. The fourth-order valence-corrected chi connectivity index (χ4v) is 9.06. The lowest BCUT2D eigenvalue weighted by Gasteiger charge is -2.53. The van der Waals surface area contributed by atoms with E-state index in [2.05, 4.69) is 5.32 Å². The molecular formula is C34H40BN3O11. The molecule has 3 aliphatic carbocycles. The summed E-state index contributed by atoms with van der Waals surface area (Å²) in [5.41, 5.74) is -5.11. The number of carbonyl (C=O) groups excluding carboxylic acids is 3. The van der Waals surface area contributed by atoms with Crippen LogP contribution in [-0.2, 0) is 29.3 Å². The highest BCUT2D eigenvalue weighted by atomic mass is 16.6. The van der Waals surface area contributed by atoms with Crippen molar-refractivity contribution in [2.24, 2.45) is 11.8 Å². The van der Waals surface area contributed by atoms with Crippen LogP contribution in [-0.4, -0.2) is 125 Å². The number of nitrogens with one attached hydrogen (secondary N) is 1. The Morgan fingerprint density at radius 2 is 1.76 bits per heavy atom. The number of phenols is 1. The number of fused-ring (bicyclic) bond motifs is 4. The third kappa shape index (κ3) is 4.33. The quantitative estimate of drug-likeness (QED) is 0.177. The van der Waals surface area contributed by atoms with Crippen molar-refractivity contribution >= 4 is 35.4 Å². The van der Waals surface area contributed by atoms with Crippen molar-refractivity contribution in [3.05, 3.63) is 70.5 Å². The van der Waals surface area contributed by atoms with E-state index < -0.39 is 81.7 Å². The Morgan fingerprint density at radius 1 is 1.08 bits per heavy atom. The average molecular weight is 678 g/mol. The largest absolute Gasteiger partial charge is 0.508 e. The molecule has 6 N–H and O–H groups in total. The van der Waals surface area contributed by atoms with E-state index in [1.54, 1.807) is 27.3 Å². The van der Waals surface area contributed by atoms with E-state index >= 15 is 0 Å². The first-order chi connectivity index (χ1) is 23.2. The second-order valence-electron chi connectivity index (χ2n) is 14.1. The first-order valence-electron chi connectivity index (χ1n) is 16.3. The number of rotatable bonds is 6. The smallest absolute Gasteiger partial charge is 0.504 e. The van der Waals surface area contributed by atoms with Gasteiger partial charge in [-0.2, -0.15) is 0 Å². The van der Waals surface area contributed by atoms with Gasteiger partial charge in [-0.25, -0.2) is 0 Å². The van der Waals surface area contributed by atoms with E-state index in [4.69, 9.17) is 14.0 Å². The number of carbonyl (C=O) groups is 3. The van der Waals surface area contributed by atoms with Crippen molar-refractivity contribution in [3.8, 4) is 11.5 Å². The molecule has 2 aromatic rings. The molecule has 2 aliphatic heterocycles.